The van der Waals surface area contributed by atoms with Crippen molar-refractivity contribution in [2.45, 2.75) is 26.8 Å². The van der Waals surface area contributed by atoms with Gasteiger partial charge in [-0.2, -0.15) is 0 Å². The third kappa shape index (κ3) is 5.79. The van der Waals surface area contributed by atoms with Crippen LogP contribution < -0.4 is 29.1 Å². The first-order valence-electron chi connectivity index (χ1n) is 12.4. The van der Waals surface area contributed by atoms with Crippen LogP contribution in [0.25, 0.3) is 6.08 Å². The van der Waals surface area contributed by atoms with Gasteiger partial charge in [0.25, 0.3) is 5.56 Å². The number of carbonyl (C=O) groups is 1. The highest BCUT2D eigenvalue weighted by Gasteiger charge is 2.33. The van der Waals surface area contributed by atoms with Gasteiger partial charge in [-0.25, -0.2) is 9.79 Å². The van der Waals surface area contributed by atoms with E-state index in [9.17, 15) is 9.59 Å². The number of hydrogen-bond acceptors (Lipinski definition) is 8. The van der Waals surface area contributed by atoms with E-state index < -0.39 is 12.0 Å². The average molecular weight is 569 g/mol. The molecule has 0 fully saturated rings. The Labute approximate surface area is 235 Å². The van der Waals surface area contributed by atoms with Crippen molar-refractivity contribution in [1.29, 1.82) is 0 Å². The van der Waals surface area contributed by atoms with Crippen molar-refractivity contribution < 1.29 is 23.7 Å². The van der Waals surface area contributed by atoms with E-state index >= 15 is 0 Å². The molecule has 4 rings (SSSR count). The van der Waals surface area contributed by atoms with E-state index in [2.05, 4.69) is 11.6 Å². The first-order valence-corrected chi connectivity index (χ1v) is 13.6. The molecule has 2 heterocycles. The molecule has 0 amide bonds. The van der Waals surface area contributed by atoms with Crippen molar-refractivity contribution in [2.75, 3.05) is 26.9 Å². The zero-order valence-corrected chi connectivity index (χ0v) is 23.7. The van der Waals surface area contributed by atoms with Crippen LogP contribution in [0.4, 0.5) is 0 Å². The maximum atomic E-state index is 13.8. The molecule has 1 aliphatic rings. The number of methoxy groups -OCH3 is 1. The average Bonchev–Trinajstić information content (AvgIpc) is 3.21. The monoisotopic (exact) mass is 568 g/mol. The smallest absolute Gasteiger partial charge is 0.338 e. The number of allylic oxidation sites excluding steroid dienone is 1. The van der Waals surface area contributed by atoms with Crippen molar-refractivity contribution >= 4 is 35.0 Å². The minimum atomic E-state index is -0.717. The van der Waals surface area contributed by atoms with Crippen molar-refractivity contribution in [2.24, 2.45) is 4.99 Å². The first-order chi connectivity index (χ1) is 18.8. The van der Waals surface area contributed by atoms with Gasteiger partial charge < -0.3 is 18.9 Å². The molecule has 0 radical (unpaired) electrons. The number of thiazole rings is 1. The van der Waals surface area contributed by atoms with Gasteiger partial charge in [-0.05, 0) is 62.2 Å². The lowest BCUT2D eigenvalue weighted by molar-refractivity contribution is -0.139. The summed E-state index contributed by atoms with van der Waals surface area (Å²) in [5.41, 5.74) is 1.89. The predicted octanol–water partition coefficient (Wildman–Crippen LogP) is 4.42. The van der Waals surface area contributed by atoms with Gasteiger partial charge in [0.1, 0.15) is 12.4 Å². The van der Waals surface area contributed by atoms with Gasteiger partial charge in [0, 0.05) is 0 Å². The molecule has 0 bridgehead atoms. The van der Waals surface area contributed by atoms with Crippen molar-refractivity contribution in [1.82, 2.24) is 4.57 Å². The van der Waals surface area contributed by atoms with Crippen molar-refractivity contribution in [3.63, 3.8) is 0 Å². The highest BCUT2D eigenvalue weighted by molar-refractivity contribution is 7.07. The lowest BCUT2D eigenvalue weighted by Gasteiger charge is -2.24. The molecular formula is C29H29ClN2O6S. The highest BCUT2D eigenvalue weighted by atomic mass is 35.5. The Balaban J connectivity index is 1.88. The van der Waals surface area contributed by atoms with Gasteiger partial charge in [0.05, 0.1) is 47.2 Å². The molecule has 1 aliphatic heterocycles. The van der Waals surface area contributed by atoms with Gasteiger partial charge in [0.2, 0.25) is 0 Å². The van der Waals surface area contributed by atoms with Gasteiger partial charge in [-0.15, -0.1) is 0 Å². The quantitative estimate of drug-likeness (QED) is 0.266. The third-order valence-electron chi connectivity index (χ3n) is 5.92. The number of aromatic nitrogens is 1. The lowest BCUT2D eigenvalue weighted by Crippen LogP contribution is -2.39. The molecule has 2 aromatic carbocycles. The Kier molecular flexibility index (Phi) is 8.93. The topological polar surface area (TPSA) is 88.4 Å². The molecule has 0 spiro atoms. The van der Waals surface area contributed by atoms with Crippen LogP contribution in [0.2, 0.25) is 5.02 Å². The van der Waals surface area contributed by atoms with Crippen LogP contribution in [-0.2, 0) is 9.53 Å². The number of hydrogen-bond donors (Lipinski definition) is 0. The Bertz CT molecular complexity index is 1600. The number of ether oxygens (including phenoxy) is 4. The lowest BCUT2D eigenvalue weighted by atomic mass is 9.96. The van der Waals surface area contributed by atoms with E-state index in [1.54, 1.807) is 38.1 Å². The largest absolute Gasteiger partial charge is 0.494 e. The number of carbonyl (C=O) groups excluding carboxylic acids is 1. The van der Waals surface area contributed by atoms with E-state index in [0.717, 1.165) is 5.56 Å². The van der Waals surface area contributed by atoms with Crippen LogP contribution in [-0.4, -0.2) is 37.5 Å². The van der Waals surface area contributed by atoms with E-state index in [4.69, 9.17) is 30.5 Å². The van der Waals surface area contributed by atoms with E-state index in [0.29, 0.717) is 55.0 Å². The Morgan fingerprint density at radius 1 is 1.18 bits per heavy atom. The van der Waals surface area contributed by atoms with E-state index in [1.807, 2.05) is 31.2 Å². The SMILES string of the molecule is C=CCOc1c(Cl)cc(/C=c2\sc3n(c2=O)C(c2ccc(OCC)cc2)C(C(=O)OCC)=C(C)N=3)cc1OC. The summed E-state index contributed by atoms with van der Waals surface area (Å²) in [6.07, 6.45) is 3.33. The molecule has 0 saturated carbocycles. The van der Waals surface area contributed by atoms with Gasteiger partial charge in [0.15, 0.2) is 16.3 Å². The van der Waals surface area contributed by atoms with Crippen LogP contribution in [0.5, 0.6) is 17.2 Å². The number of nitrogens with zero attached hydrogens (tertiary/aromatic N) is 2. The molecule has 0 aliphatic carbocycles. The second-order valence-electron chi connectivity index (χ2n) is 8.44. The summed E-state index contributed by atoms with van der Waals surface area (Å²) in [5.74, 6) is 0.996. The summed E-state index contributed by atoms with van der Waals surface area (Å²) in [7, 11) is 1.51. The summed E-state index contributed by atoms with van der Waals surface area (Å²) in [6, 6.07) is 10.0. The Morgan fingerprint density at radius 3 is 2.56 bits per heavy atom. The van der Waals surface area contributed by atoms with Crippen LogP contribution in [0.3, 0.4) is 0 Å². The summed E-state index contributed by atoms with van der Waals surface area (Å²) >= 11 is 7.69. The summed E-state index contributed by atoms with van der Waals surface area (Å²) in [5, 5.41) is 0.336. The summed E-state index contributed by atoms with van der Waals surface area (Å²) in [6.45, 7) is 10.0. The molecule has 0 N–H and O–H groups in total. The Hall–Kier alpha value is -3.82. The molecule has 1 atom stereocenters. The number of rotatable bonds is 10. The minimum Gasteiger partial charge on any atom is -0.494 e. The molecule has 1 aromatic heterocycles. The normalized spacial score (nSPS) is 14.9. The maximum absolute atomic E-state index is 13.8. The molecule has 1 unspecified atom stereocenters. The van der Waals surface area contributed by atoms with Crippen molar-refractivity contribution in [3.05, 3.63) is 96.2 Å². The zero-order valence-electron chi connectivity index (χ0n) is 22.2. The van der Waals surface area contributed by atoms with Gasteiger partial charge in [-0.1, -0.05) is 47.7 Å². The third-order valence-corrected chi connectivity index (χ3v) is 7.18. The molecule has 204 valence electrons. The molecular weight excluding hydrogens is 540 g/mol. The summed E-state index contributed by atoms with van der Waals surface area (Å²) in [4.78, 5) is 32.0. The first kappa shape index (κ1) is 28.2. The van der Waals surface area contributed by atoms with Gasteiger partial charge >= 0.3 is 5.97 Å². The zero-order chi connectivity index (χ0) is 28.1. The molecule has 10 heteroatoms. The van der Waals surface area contributed by atoms with E-state index in [-0.39, 0.29) is 18.8 Å². The molecule has 39 heavy (non-hydrogen) atoms. The molecule has 8 nitrogen and oxygen atoms in total. The fourth-order valence-electron chi connectivity index (χ4n) is 4.28. The number of benzene rings is 2. The number of halogens is 1. The van der Waals surface area contributed by atoms with E-state index in [1.165, 1.54) is 23.0 Å². The Morgan fingerprint density at radius 2 is 1.92 bits per heavy atom. The molecule has 0 saturated heterocycles. The summed E-state index contributed by atoms with van der Waals surface area (Å²) < 4.78 is 24.0. The van der Waals surface area contributed by atoms with Crippen LogP contribution in [0, 0.1) is 0 Å². The van der Waals surface area contributed by atoms with Crippen LogP contribution >= 0.6 is 22.9 Å². The standard InChI is InChI=1S/C29H29ClN2O6S/c1-6-13-38-26-21(30)14-18(15-22(26)35-5)16-23-27(33)32-25(19-9-11-20(12-10-19)36-7-2)24(28(34)37-8-3)17(4)31-29(32)39-23/h6,9-12,14-16,25H,1,7-8,13H2,2-5H3/b23-16-. The second kappa shape index (κ2) is 12.4. The predicted molar refractivity (Wildman–Crippen MR) is 152 cm³/mol. The number of esters is 1. The fraction of sp³-hybridized carbons (Fsp3) is 0.276. The maximum Gasteiger partial charge on any atom is 0.338 e. The number of fused-ring (bicyclic) bond motifs is 1. The van der Waals surface area contributed by atoms with Crippen molar-refractivity contribution in [3.8, 4) is 17.2 Å². The minimum absolute atomic E-state index is 0.200. The second-order valence-corrected chi connectivity index (χ2v) is 9.85. The highest BCUT2D eigenvalue weighted by Crippen LogP contribution is 2.37. The van der Waals surface area contributed by atoms with Gasteiger partial charge in [-0.3, -0.25) is 9.36 Å². The van der Waals surface area contributed by atoms with Crippen LogP contribution in [0.15, 0.2) is 70.1 Å². The fourth-order valence-corrected chi connectivity index (χ4v) is 5.60. The molecule has 3 aromatic rings. The van der Waals surface area contributed by atoms with Crippen LogP contribution in [0.1, 0.15) is 37.9 Å².